The second-order valence-electron chi connectivity index (χ2n) is 5.78. The van der Waals surface area contributed by atoms with Gasteiger partial charge >= 0.3 is 0 Å². The van der Waals surface area contributed by atoms with Gasteiger partial charge in [-0.25, -0.2) is 0 Å². The molecule has 0 aromatic heterocycles. The molecule has 3 unspecified atom stereocenters. The van der Waals surface area contributed by atoms with Crippen LogP contribution in [0.25, 0.3) is 0 Å². The normalized spacial score (nSPS) is 15.9. The Kier molecular flexibility index (Phi) is 10.8. The molecule has 0 bridgehead atoms. The maximum Gasteiger partial charge on any atom is 0.237 e. The zero-order chi connectivity index (χ0) is 15.5. The standard InChI is InChI=1S/C16H35N3O/c1-7-13(4)18-16(20)15(6)17-14(5)11-10-12-19(8-2)9-3/h13-15,17H,7-12H2,1-6H3,(H,18,20). The summed E-state index contributed by atoms with van der Waals surface area (Å²) >= 11 is 0. The first-order valence-corrected chi connectivity index (χ1v) is 8.23. The summed E-state index contributed by atoms with van der Waals surface area (Å²) in [5.74, 6) is 0.106. The molecule has 120 valence electrons. The Morgan fingerprint density at radius 2 is 1.65 bits per heavy atom. The SMILES string of the molecule is CCC(C)NC(=O)C(C)NC(C)CCCN(CC)CC. The van der Waals surface area contributed by atoms with E-state index in [9.17, 15) is 4.79 Å². The summed E-state index contributed by atoms with van der Waals surface area (Å²) in [6, 6.07) is 0.514. The lowest BCUT2D eigenvalue weighted by Gasteiger charge is -2.23. The Morgan fingerprint density at radius 3 is 2.15 bits per heavy atom. The van der Waals surface area contributed by atoms with Gasteiger partial charge in [-0.3, -0.25) is 4.79 Å². The van der Waals surface area contributed by atoms with Crippen molar-refractivity contribution >= 4 is 5.91 Å². The van der Waals surface area contributed by atoms with Gasteiger partial charge in [0, 0.05) is 12.1 Å². The molecule has 0 aliphatic carbocycles. The predicted octanol–water partition coefficient (Wildman–Crippen LogP) is 2.39. The molecule has 0 rings (SSSR count). The molecule has 0 heterocycles. The Labute approximate surface area is 125 Å². The monoisotopic (exact) mass is 285 g/mol. The molecule has 4 heteroatoms. The molecule has 0 aliphatic heterocycles. The number of carbonyl (C=O) groups is 1. The highest BCUT2D eigenvalue weighted by atomic mass is 16.2. The first-order valence-electron chi connectivity index (χ1n) is 8.23. The van der Waals surface area contributed by atoms with E-state index in [1.54, 1.807) is 0 Å². The van der Waals surface area contributed by atoms with E-state index in [0.717, 1.165) is 32.5 Å². The molecule has 0 aromatic carbocycles. The smallest absolute Gasteiger partial charge is 0.237 e. The van der Waals surface area contributed by atoms with Gasteiger partial charge in [-0.2, -0.15) is 0 Å². The third kappa shape index (κ3) is 8.54. The Hall–Kier alpha value is -0.610. The van der Waals surface area contributed by atoms with Crippen molar-refractivity contribution in [2.75, 3.05) is 19.6 Å². The van der Waals surface area contributed by atoms with Gasteiger partial charge in [-0.1, -0.05) is 20.8 Å². The molecule has 0 aromatic rings. The van der Waals surface area contributed by atoms with Crippen molar-refractivity contribution < 1.29 is 4.79 Å². The molecular weight excluding hydrogens is 250 g/mol. The van der Waals surface area contributed by atoms with E-state index in [0.29, 0.717) is 6.04 Å². The number of nitrogens with zero attached hydrogens (tertiary/aromatic N) is 1. The van der Waals surface area contributed by atoms with Crippen molar-refractivity contribution in [2.45, 2.75) is 78.9 Å². The van der Waals surface area contributed by atoms with E-state index in [1.165, 1.54) is 6.42 Å². The van der Waals surface area contributed by atoms with E-state index < -0.39 is 0 Å². The molecule has 4 nitrogen and oxygen atoms in total. The highest BCUT2D eigenvalue weighted by Crippen LogP contribution is 2.01. The van der Waals surface area contributed by atoms with Crippen LogP contribution in [0.2, 0.25) is 0 Å². The van der Waals surface area contributed by atoms with Crippen LogP contribution in [0.3, 0.4) is 0 Å². The summed E-state index contributed by atoms with van der Waals surface area (Å²) in [5, 5.41) is 6.41. The first kappa shape index (κ1) is 19.4. The van der Waals surface area contributed by atoms with E-state index in [4.69, 9.17) is 0 Å². The summed E-state index contributed by atoms with van der Waals surface area (Å²) in [7, 11) is 0. The van der Waals surface area contributed by atoms with Crippen LogP contribution < -0.4 is 10.6 Å². The molecule has 0 saturated heterocycles. The lowest BCUT2D eigenvalue weighted by atomic mass is 10.1. The maximum atomic E-state index is 11.9. The van der Waals surface area contributed by atoms with E-state index in [1.807, 2.05) is 13.8 Å². The molecule has 20 heavy (non-hydrogen) atoms. The fourth-order valence-corrected chi connectivity index (χ4v) is 2.22. The maximum absolute atomic E-state index is 11.9. The summed E-state index contributed by atoms with van der Waals surface area (Å²) < 4.78 is 0. The first-order chi connectivity index (χ1) is 9.44. The predicted molar refractivity (Wildman–Crippen MR) is 87.0 cm³/mol. The topological polar surface area (TPSA) is 44.4 Å². The molecule has 0 fully saturated rings. The number of nitrogens with one attached hydrogen (secondary N) is 2. The van der Waals surface area contributed by atoms with Crippen LogP contribution in [0.5, 0.6) is 0 Å². The van der Waals surface area contributed by atoms with Crippen molar-refractivity contribution in [3.8, 4) is 0 Å². The van der Waals surface area contributed by atoms with E-state index in [-0.39, 0.29) is 18.0 Å². The van der Waals surface area contributed by atoms with Crippen LogP contribution >= 0.6 is 0 Å². The Bertz CT molecular complexity index is 254. The highest BCUT2D eigenvalue weighted by molar-refractivity contribution is 5.81. The van der Waals surface area contributed by atoms with Crippen molar-refractivity contribution in [1.82, 2.24) is 15.5 Å². The number of rotatable bonds is 11. The molecule has 1 amide bonds. The Morgan fingerprint density at radius 1 is 1.05 bits per heavy atom. The van der Waals surface area contributed by atoms with Crippen LogP contribution in [-0.2, 0) is 4.79 Å². The zero-order valence-corrected chi connectivity index (χ0v) is 14.3. The van der Waals surface area contributed by atoms with Crippen molar-refractivity contribution in [3.05, 3.63) is 0 Å². The highest BCUT2D eigenvalue weighted by Gasteiger charge is 2.16. The van der Waals surface area contributed by atoms with Crippen LogP contribution in [-0.4, -0.2) is 48.6 Å². The quantitative estimate of drug-likeness (QED) is 0.613. The van der Waals surface area contributed by atoms with Gasteiger partial charge in [0.05, 0.1) is 6.04 Å². The van der Waals surface area contributed by atoms with Crippen molar-refractivity contribution in [1.29, 1.82) is 0 Å². The summed E-state index contributed by atoms with van der Waals surface area (Å²) in [4.78, 5) is 14.4. The number of amides is 1. The largest absolute Gasteiger partial charge is 0.352 e. The van der Waals surface area contributed by atoms with Gasteiger partial charge in [-0.05, 0) is 59.7 Å². The molecule has 0 saturated carbocycles. The Balaban J connectivity index is 3.89. The van der Waals surface area contributed by atoms with Crippen molar-refractivity contribution in [3.63, 3.8) is 0 Å². The van der Waals surface area contributed by atoms with Crippen LogP contribution in [0.1, 0.15) is 60.8 Å². The minimum absolute atomic E-state index is 0.106. The average molecular weight is 285 g/mol. The van der Waals surface area contributed by atoms with Crippen LogP contribution in [0, 0.1) is 0 Å². The molecular formula is C16H35N3O. The molecule has 2 N–H and O–H groups in total. The second-order valence-corrected chi connectivity index (χ2v) is 5.78. The number of hydrogen-bond donors (Lipinski definition) is 2. The summed E-state index contributed by atoms with van der Waals surface area (Å²) in [5.41, 5.74) is 0. The van der Waals surface area contributed by atoms with Gasteiger partial charge in [0.1, 0.15) is 0 Å². The summed E-state index contributed by atoms with van der Waals surface area (Å²) in [6.07, 6.45) is 3.25. The van der Waals surface area contributed by atoms with Gasteiger partial charge in [0.15, 0.2) is 0 Å². The lowest BCUT2D eigenvalue weighted by molar-refractivity contribution is -0.123. The number of hydrogen-bond acceptors (Lipinski definition) is 3. The minimum Gasteiger partial charge on any atom is -0.352 e. The van der Waals surface area contributed by atoms with Gasteiger partial charge in [-0.15, -0.1) is 0 Å². The minimum atomic E-state index is -0.118. The fourth-order valence-electron chi connectivity index (χ4n) is 2.22. The van der Waals surface area contributed by atoms with Crippen LogP contribution in [0.4, 0.5) is 0 Å². The molecule has 0 radical (unpaired) electrons. The average Bonchev–Trinajstić information content (AvgIpc) is 2.43. The summed E-state index contributed by atoms with van der Waals surface area (Å²) in [6.45, 7) is 16.0. The van der Waals surface area contributed by atoms with Gasteiger partial charge < -0.3 is 15.5 Å². The van der Waals surface area contributed by atoms with Crippen molar-refractivity contribution in [2.24, 2.45) is 0 Å². The van der Waals surface area contributed by atoms with E-state index in [2.05, 4.69) is 43.2 Å². The molecule has 3 atom stereocenters. The second kappa shape index (κ2) is 11.1. The third-order valence-electron chi connectivity index (χ3n) is 3.93. The van der Waals surface area contributed by atoms with Gasteiger partial charge in [0.2, 0.25) is 5.91 Å². The fraction of sp³-hybridized carbons (Fsp3) is 0.938. The zero-order valence-electron chi connectivity index (χ0n) is 14.3. The molecule has 0 spiro atoms. The van der Waals surface area contributed by atoms with Gasteiger partial charge in [0.25, 0.3) is 0 Å². The van der Waals surface area contributed by atoms with E-state index >= 15 is 0 Å². The third-order valence-corrected chi connectivity index (χ3v) is 3.93. The number of carbonyl (C=O) groups excluding carboxylic acids is 1. The van der Waals surface area contributed by atoms with Crippen LogP contribution in [0.15, 0.2) is 0 Å². The lowest BCUT2D eigenvalue weighted by Crippen LogP contribution is -2.48. The molecule has 0 aliphatic rings.